The van der Waals surface area contributed by atoms with E-state index in [0.29, 0.717) is 12.5 Å². The van der Waals surface area contributed by atoms with E-state index in [1.54, 1.807) is 7.11 Å². The molecule has 0 aromatic carbocycles. The second-order valence-electron chi connectivity index (χ2n) is 7.55. The smallest absolute Gasteiger partial charge is 0.263 e. The molecule has 0 bridgehead atoms. The van der Waals surface area contributed by atoms with Crippen LogP contribution in [0.3, 0.4) is 0 Å². The minimum atomic E-state index is 0.147. The number of likely N-dealkylation sites (tertiary alicyclic amines) is 1. The second kappa shape index (κ2) is 8.51. The number of carbonyl (C=O) groups excluding carboxylic acids is 1. The summed E-state index contributed by atoms with van der Waals surface area (Å²) in [6.07, 6.45) is 3.69. The van der Waals surface area contributed by atoms with Gasteiger partial charge in [0.05, 0.1) is 23.3 Å². The van der Waals surface area contributed by atoms with Crippen LogP contribution in [0.1, 0.15) is 34.1 Å². The molecule has 1 aliphatic heterocycles. The zero-order valence-corrected chi connectivity index (χ0v) is 18.0. The third kappa shape index (κ3) is 4.00. The van der Waals surface area contributed by atoms with Crippen LogP contribution >= 0.6 is 11.3 Å². The minimum absolute atomic E-state index is 0.147. The highest BCUT2D eigenvalue weighted by Gasteiger charge is 2.27. The summed E-state index contributed by atoms with van der Waals surface area (Å²) >= 11 is 1.51. The van der Waals surface area contributed by atoms with Gasteiger partial charge in [-0.05, 0) is 30.4 Å². The first-order valence-electron chi connectivity index (χ1n) is 9.93. The normalized spacial score (nSPS) is 15.2. The zero-order valence-electron chi connectivity index (χ0n) is 17.2. The van der Waals surface area contributed by atoms with Gasteiger partial charge in [-0.15, -0.1) is 11.3 Å². The predicted octanol–water partition coefficient (Wildman–Crippen LogP) is 3.13. The Bertz CT molecular complexity index is 977. The highest BCUT2D eigenvalue weighted by Crippen LogP contribution is 2.32. The van der Waals surface area contributed by atoms with Crippen LogP contribution < -0.4 is 4.90 Å². The van der Waals surface area contributed by atoms with E-state index < -0.39 is 0 Å². The number of anilines is 1. The number of methoxy groups -OCH3 is 1. The van der Waals surface area contributed by atoms with Crippen molar-refractivity contribution in [3.63, 3.8) is 0 Å². The highest BCUT2D eigenvalue weighted by molar-refractivity contribution is 7.12. The lowest BCUT2D eigenvalue weighted by Gasteiger charge is -2.32. The molecular formula is C21H27N5O2S. The van der Waals surface area contributed by atoms with Crippen molar-refractivity contribution in [1.29, 1.82) is 0 Å². The molecular weight excluding hydrogens is 386 g/mol. The predicted molar refractivity (Wildman–Crippen MR) is 116 cm³/mol. The van der Waals surface area contributed by atoms with Gasteiger partial charge in [-0.2, -0.15) is 0 Å². The third-order valence-corrected chi connectivity index (χ3v) is 6.50. The molecule has 8 heteroatoms. The number of hydrogen-bond donors (Lipinski definition) is 0. The fourth-order valence-electron chi connectivity index (χ4n) is 3.87. The van der Waals surface area contributed by atoms with Gasteiger partial charge in [0.2, 0.25) is 0 Å². The molecule has 3 aromatic rings. The molecule has 0 atom stereocenters. The van der Waals surface area contributed by atoms with Crippen LogP contribution in [0.5, 0.6) is 0 Å². The second-order valence-corrected chi connectivity index (χ2v) is 8.50. The Morgan fingerprint density at radius 2 is 2.17 bits per heavy atom. The molecule has 1 saturated heterocycles. The van der Waals surface area contributed by atoms with Crippen LogP contribution in [-0.4, -0.2) is 65.7 Å². The van der Waals surface area contributed by atoms with Crippen molar-refractivity contribution >= 4 is 34.1 Å². The van der Waals surface area contributed by atoms with Gasteiger partial charge in [0.25, 0.3) is 5.91 Å². The molecule has 29 heavy (non-hydrogen) atoms. The Labute approximate surface area is 174 Å². The van der Waals surface area contributed by atoms with Gasteiger partial charge >= 0.3 is 0 Å². The summed E-state index contributed by atoms with van der Waals surface area (Å²) < 4.78 is 7.28. The number of aromatic nitrogens is 3. The number of thiophene rings is 1. The number of hydrogen-bond acceptors (Lipinski definition) is 6. The van der Waals surface area contributed by atoms with Crippen LogP contribution in [-0.2, 0) is 11.8 Å². The van der Waals surface area contributed by atoms with Gasteiger partial charge in [0.1, 0.15) is 5.52 Å². The molecule has 1 fully saturated rings. The van der Waals surface area contributed by atoms with Crippen LogP contribution in [0.15, 0.2) is 29.9 Å². The number of pyridine rings is 1. The van der Waals surface area contributed by atoms with Crippen molar-refractivity contribution in [2.45, 2.75) is 18.8 Å². The quantitative estimate of drug-likeness (QED) is 0.621. The number of carbonyl (C=O) groups is 1. The summed E-state index contributed by atoms with van der Waals surface area (Å²) in [5.74, 6) is 1.39. The summed E-state index contributed by atoms with van der Waals surface area (Å²) in [6.45, 7) is 2.93. The standard InChI is InChI=1S/C21H27N5O2S/c1-24(10-11-28-3)20-19-17(25(2)14-22-19)13-16(23-20)15-6-8-26(9-7-15)21(27)18-5-4-12-29-18/h4-5,12-15H,6-11H2,1-3H3. The number of aryl methyl sites for hydroxylation is 1. The molecule has 0 unspecified atom stereocenters. The lowest BCUT2D eigenvalue weighted by molar-refractivity contribution is 0.0717. The van der Waals surface area contributed by atoms with Crippen LogP contribution in [0, 0.1) is 0 Å². The van der Waals surface area contributed by atoms with Crippen molar-refractivity contribution in [3.05, 3.63) is 40.5 Å². The number of likely N-dealkylation sites (N-methyl/N-ethyl adjacent to an activating group) is 1. The fraction of sp³-hybridized carbons (Fsp3) is 0.476. The highest BCUT2D eigenvalue weighted by atomic mass is 32.1. The first-order chi connectivity index (χ1) is 14.1. The molecule has 0 saturated carbocycles. The number of piperidine rings is 1. The average molecular weight is 414 g/mol. The van der Waals surface area contributed by atoms with E-state index in [4.69, 9.17) is 9.72 Å². The molecule has 0 N–H and O–H groups in total. The Kier molecular flexibility index (Phi) is 5.82. The Hall–Kier alpha value is -2.45. The van der Waals surface area contributed by atoms with E-state index in [2.05, 4.69) is 16.0 Å². The molecule has 0 radical (unpaired) electrons. The van der Waals surface area contributed by atoms with E-state index in [9.17, 15) is 4.79 Å². The molecule has 1 aliphatic rings. The van der Waals surface area contributed by atoms with Crippen molar-refractivity contribution < 1.29 is 9.53 Å². The summed E-state index contributed by atoms with van der Waals surface area (Å²) in [5, 5.41) is 1.95. The molecule has 3 aromatic heterocycles. The van der Waals surface area contributed by atoms with Crippen molar-refractivity contribution in [3.8, 4) is 0 Å². The van der Waals surface area contributed by atoms with Gasteiger partial charge in [-0.1, -0.05) is 6.07 Å². The Balaban J connectivity index is 1.55. The van der Waals surface area contributed by atoms with E-state index in [1.165, 1.54) is 11.3 Å². The molecule has 0 spiro atoms. The Morgan fingerprint density at radius 3 is 2.86 bits per heavy atom. The van der Waals surface area contributed by atoms with E-state index in [1.807, 2.05) is 47.4 Å². The topological polar surface area (TPSA) is 63.5 Å². The summed E-state index contributed by atoms with van der Waals surface area (Å²) in [7, 11) is 5.75. The van der Waals surface area contributed by atoms with Gasteiger partial charge in [-0.25, -0.2) is 9.97 Å². The number of ether oxygens (including phenoxy) is 1. The maximum Gasteiger partial charge on any atom is 0.263 e. The lowest BCUT2D eigenvalue weighted by atomic mass is 9.92. The average Bonchev–Trinajstić information content (AvgIpc) is 3.41. The van der Waals surface area contributed by atoms with Gasteiger partial charge in [0, 0.05) is 52.5 Å². The van der Waals surface area contributed by atoms with E-state index in [0.717, 1.165) is 59.9 Å². The molecule has 7 nitrogen and oxygen atoms in total. The number of amides is 1. The Morgan fingerprint density at radius 1 is 1.38 bits per heavy atom. The number of rotatable bonds is 6. The first-order valence-corrected chi connectivity index (χ1v) is 10.8. The molecule has 4 rings (SSSR count). The van der Waals surface area contributed by atoms with Gasteiger partial charge in [-0.3, -0.25) is 4.79 Å². The zero-order chi connectivity index (χ0) is 20.4. The number of imidazole rings is 1. The van der Waals surface area contributed by atoms with E-state index >= 15 is 0 Å². The summed E-state index contributed by atoms with van der Waals surface area (Å²) in [4.78, 5) is 27.1. The fourth-order valence-corrected chi connectivity index (χ4v) is 4.56. The van der Waals surface area contributed by atoms with E-state index in [-0.39, 0.29) is 5.91 Å². The molecule has 4 heterocycles. The maximum absolute atomic E-state index is 12.6. The van der Waals surface area contributed by atoms with Crippen molar-refractivity contribution in [1.82, 2.24) is 19.4 Å². The van der Waals surface area contributed by atoms with Crippen molar-refractivity contribution in [2.24, 2.45) is 7.05 Å². The van der Waals surface area contributed by atoms with Crippen LogP contribution in [0.4, 0.5) is 5.82 Å². The maximum atomic E-state index is 12.6. The van der Waals surface area contributed by atoms with Crippen molar-refractivity contribution in [2.75, 3.05) is 45.3 Å². The largest absolute Gasteiger partial charge is 0.383 e. The monoisotopic (exact) mass is 413 g/mol. The molecule has 1 amide bonds. The number of fused-ring (bicyclic) bond motifs is 1. The lowest BCUT2D eigenvalue weighted by Crippen LogP contribution is -2.37. The first kappa shape index (κ1) is 19.8. The minimum Gasteiger partial charge on any atom is -0.383 e. The number of nitrogens with zero attached hydrogens (tertiary/aromatic N) is 5. The third-order valence-electron chi connectivity index (χ3n) is 5.64. The molecule has 0 aliphatic carbocycles. The van der Waals surface area contributed by atoms with Crippen LogP contribution in [0.25, 0.3) is 11.0 Å². The summed E-state index contributed by atoms with van der Waals surface area (Å²) in [5.41, 5.74) is 3.09. The SMILES string of the molecule is COCCN(C)c1nc(C2CCN(C(=O)c3cccs3)CC2)cc2c1ncn2C. The van der Waals surface area contributed by atoms with Gasteiger partial charge < -0.3 is 19.1 Å². The summed E-state index contributed by atoms with van der Waals surface area (Å²) in [6, 6.07) is 6.00. The molecule has 154 valence electrons. The van der Waals surface area contributed by atoms with Crippen LogP contribution in [0.2, 0.25) is 0 Å². The van der Waals surface area contributed by atoms with Gasteiger partial charge in [0.15, 0.2) is 5.82 Å².